The molecule has 2 rings (SSSR count). The number of nitrogens with zero attached hydrogens (tertiary/aromatic N) is 3. The molecule has 2 aromatic heterocycles. The van der Waals surface area contributed by atoms with Gasteiger partial charge in [0.15, 0.2) is 5.78 Å². The number of anilines is 1. The summed E-state index contributed by atoms with van der Waals surface area (Å²) in [5.41, 5.74) is 16.0. The first-order chi connectivity index (χ1) is 13.8. The van der Waals surface area contributed by atoms with Crippen molar-refractivity contribution in [2.75, 3.05) is 11.9 Å². The summed E-state index contributed by atoms with van der Waals surface area (Å²) in [5, 5.41) is 3.07. The molecule has 0 fully saturated rings. The van der Waals surface area contributed by atoms with Crippen molar-refractivity contribution < 1.29 is 4.79 Å². The van der Waals surface area contributed by atoms with Crippen LogP contribution in [0.25, 0.3) is 11.3 Å². The lowest BCUT2D eigenvalue weighted by atomic mass is 10.0. The molecular weight excluding hydrogens is 364 g/mol. The zero-order chi connectivity index (χ0) is 21.4. The number of ketones is 1. The van der Waals surface area contributed by atoms with Gasteiger partial charge < -0.3 is 16.8 Å². The Labute approximate surface area is 171 Å². The normalized spacial score (nSPS) is 12.9. The van der Waals surface area contributed by atoms with Gasteiger partial charge in [-0.3, -0.25) is 9.78 Å². The van der Waals surface area contributed by atoms with Crippen LogP contribution in [0.15, 0.2) is 83.6 Å². The first kappa shape index (κ1) is 21.6. The fourth-order valence-electron chi connectivity index (χ4n) is 2.36. The predicted molar refractivity (Wildman–Crippen MR) is 116 cm³/mol. The van der Waals surface area contributed by atoms with Gasteiger partial charge in [0.2, 0.25) is 5.95 Å². The maximum absolute atomic E-state index is 12.8. The second-order valence-electron chi connectivity index (χ2n) is 6.60. The van der Waals surface area contributed by atoms with E-state index in [9.17, 15) is 4.79 Å². The molecular formula is C22H26N6O. The highest BCUT2D eigenvalue weighted by Crippen LogP contribution is 2.16. The van der Waals surface area contributed by atoms with E-state index in [2.05, 4.69) is 26.8 Å². The number of aromatic nitrogens is 3. The van der Waals surface area contributed by atoms with Crippen molar-refractivity contribution in [2.45, 2.75) is 20.8 Å². The largest absolute Gasteiger partial charge is 0.402 e. The Morgan fingerprint density at radius 1 is 1.17 bits per heavy atom. The van der Waals surface area contributed by atoms with E-state index in [1.807, 2.05) is 12.1 Å². The van der Waals surface area contributed by atoms with Crippen LogP contribution < -0.4 is 16.8 Å². The fraction of sp³-hybridized carbons (Fsp3) is 0.182. The molecule has 7 heteroatoms. The molecule has 2 heterocycles. The minimum atomic E-state index is -0.174. The fourth-order valence-corrected chi connectivity index (χ4v) is 2.36. The van der Waals surface area contributed by atoms with Crippen LogP contribution in [0.5, 0.6) is 0 Å². The van der Waals surface area contributed by atoms with Gasteiger partial charge in [-0.2, -0.15) is 0 Å². The van der Waals surface area contributed by atoms with E-state index in [-0.39, 0.29) is 12.3 Å². The Hall–Kier alpha value is -3.74. The molecule has 0 spiro atoms. The summed E-state index contributed by atoms with van der Waals surface area (Å²) in [7, 11) is 0. The molecule has 0 radical (unpaired) electrons. The van der Waals surface area contributed by atoms with Crippen molar-refractivity contribution in [3.05, 3.63) is 83.6 Å². The van der Waals surface area contributed by atoms with Gasteiger partial charge in [-0.15, -0.1) is 0 Å². The summed E-state index contributed by atoms with van der Waals surface area (Å²) in [4.78, 5) is 25.6. The standard InChI is InChI=1S/C22H26N6O/c1-14(2)19(24)8-7-15(3)21(29)18(16(4)23)13-27-22-26-11-9-20(28-22)17-6-5-10-25-12-17/h5-12H,1,13,23-24H2,2-4H3,(H,26,27,28)/b15-7+,18-16-,19-8+. The van der Waals surface area contributed by atoms with E-state index in [0.717, 1.165) is 16.8 Å². The molecule has 0 saturated carbocycles. The molecule has 0 aliphatic rings. The summed E-state index contributed by atoms with van der Waals surface area (Å²) in [6.07, 6.45) is 8.39. The highest BCUT2D eigenvalue weighted by atomic mass is 16.1. The van der Waals surface area contributed by atoms with E-state index >= 15 is 0 Å². The maximum atomic E-state index is 12.8. The first-order valence-electron chi connectivity index (χ1n) is 9.06. The molecule has 0 atom stereocenters. The maximum Gasteiger partial charge on any atom is 0.223 e. The number of nitrogens with one attached hydrogen (secondary N) is 1. The zero-order valence-corrected chi connectivity index (χ0v) is 16.9. The third kappa shape index (κ3) is 6.14. The van der Waals surface area contributed by atoms with Crippen LogP contribution in [0.1, 0.15) is 20.8 Å². The minimum Gasteiger partial charge on any atom is -0.402 e. The lowest BCUT2D eigenvalue weighted by Gasteiger charge is -2.11. The van der Waals surface area contributed by atoms with Gasteiger partial charge >= 0.3 is 0 Å². The lowest BCUT2D eigenvalue weighted by Crippen LogP contribution is -2.19. The van der Waals surface area contributed by atoms with Crippen molar-refractivity contribution in [2.24, 2.45) is 11.5 Å². The van der Waals surface area contributed by atoms with E-state index in [1.54, 1.807) is 57.6 Å². The molecule has 7 nitrogen and oxygen atoms in total. The van der Waals surface area contributed by atoms with Crippen LogP contribution in [0.4, 0.5) is 5.95 Å². The SMILES string of the molecule is C=C(C)/C(N)=C\C=C(/C)C(=O)/C(CNc1nccc(-c2cccnc2)n1)=C(/C)N. The topological polar surface area (TPSA) is 120 Å². The average molecular weight is 390 g/mol. The van der Waals surface area contributed by atoms with Gasteiger partial charge in [0.25, 0.3) is 0 Å². The monoisotopic (exact) mass is 390 g/mol. The number of hydrogen-bond acceptors (Lipinski definition) is 7. The van der Waals surface area contributed by atoms with Crippen molar-refractivity contribution in [3.8, 4) is 11.3 Å². The first-order valence-corrected chi connectivity index (χ1v) is 9.06. The van der Waals surface area contributed by atoms with E-state index in [0.29, 0.717) is 28.5 Å². The van der Waals surface area contributed by atoms with Gasteiger partial charge in [-0.1, -0.05) is 12.7 Å². The van der Waals surface area contributed by atoms with Gasteiger partial charge in [-0.25, -0.2) is 9.97 Å². The lowest BCUT2D eigenvalue weighted by molar-refractivity contribution is -0.112. The quantitative estimate of drug-likeness (QED) is 0.468. The molecule has 5 N–H and O–H groups in total. The summed E-state index contributed by atoms with van der Waals surface area (Å²) in [6, 6.07) is 5.55. The smallest absolute Gasteiger partial charge is 0.223 e. The number of nitrogens with two attached hydrogens (primary N) is 2. The number of Topliss-reactive ketones (excluding diaryl/α,β-unsaturated/α-hetero) is 1. The predicted octanol–water partition coefficient (Wildman–Crippen LogP) is 3.12. The molecule has 0 aliphatic heterocycles. The summed E-state index contributed by atoms with van der Waals surface area (Å²) in [6.45, 7) is 9.17. The van der Waals surface area contributed by atoms with Crippen LogP contribution in [0.3, 0.4) is 0 Å². The molecule has 0 amide bonds. The van der Waals surface area contributed by atoms with E-state index in [4.69, 9.17) is 11.5 Å². The summed E-state index contributed by atoms with van der Waals surface area (Å²) in [5.74, 6) is 0.220. The van der Waals surface area contributed by atoms with Crippen molar-refractivity contribution >= 4 is 11.7 Å². The molecule has 0 aliphatic carbocycles. The molecule has 0 saturated heterocycles. The van der Waals surface area contributed by atoms with E-state index < -0.39 is 0 Å². The van der Waals surface area contributed by atoms with Gasteiger partial charge in [-0.05, 0) is 56.2 Å². The highest BCUT2D eigenvalue weighted by molar-refractivity contribution is 6.08. The van der Waals surface area contributed by atoms with Crippen LogP contribution in [0.2, 0.25) is 0 Å². The number of allylic oxidation sites excluding steroid dienone is 5. The third-order valence-electron chi connectivity index (χ3n) is 4.15. The number of rotatable bonds is 8. The molecule has 0 bridgehead atoms. The van der Waals surface area contributed by atoms with Crippen molar-refractivity contribution in [1.82, 2.24) is 15.0 Å². The Bertz CT molecular complexity index is 985. The Morgan fingerprint density at radius 2 is 1.93 bits per heavy atom. The summed E-state index contributed by atoms with van der Waals surface area (Å²) >= 11 is 0. The van der Waals surface area contributed by atoms with E-state index in [1.165, 1.54) is 0 Å². The number of carbonyl (C=O) groups excluding carboxylic acids is 1. The average Bonchev–Trinajstić information content (AvgIpc) is 2.72. The van der Waals surface area contributed by atoms with Gasteiger partial charge in [0, 0.05) is 47.7 Å². The molecule has 0 unspecified atom stereocenters. The second-order valence-corrected chi connectivity index (χ2v) is 6.60. The van der Waals surface area contributed by atoms with Gasteiger partial charge in [0.05, 0.1) is 5.69 Å². The van der Waals surface area contributed by atoms with Crippen molar-refractivity contribution in [1.29, 1.82) is 0 Å². The van der Waals surface area contributed by atoms with Gasteiger partial charge in [0.1, 0.15) is 0 Å². The van der Waals surface area contributed by atoms with Crippen LogP contribution in [-0.2, 0) is 4.79 Å². The molecule has 2 aromatic rings. The van der Waals surface area contributed by atoms with Crippen LogP contribution in [0, 0.1) is 0 Å². The number of hydrogen-bond donors (Lipinski definition) is 3. The minimum absolute atomic E-state index is 0.174. The number of carbonyl (C=O) groups is 1. The Balaban J connectivity index is 2.16. The van der Waals surface area contributed by atoms with Crippen LogP contribution >= 0.6 is 0 Å². The Morgan fingerprint density at radius 3 is 2.55 bits per heavy atom. The zero-order valence-electron chi connectivity index (χ0n) is 16.9. The molecule has 0 aromatic carbocycles. The Kier molecular flexibility index (Phi) is 7.42. The summed E-state index contributed by atoms with van der Waals surface area (Å²) < 4.78 is 0. The highest BCUT2D eigenvalue weighted by Gasteiger charge is 2.14. The third-order valence-corrected chi connectivity index (χ3v) is 4.15. The van der Waals surface area contributed by atoms with Crippen molar-refractivity contribution in [3.63, 3.8) is 0 Å². The molecule has 150 valence electrons. The second kappa shape index (κ2) is 9.98. The van der Waals surface area contributed by atoms with Crippen LogP contribution in [-0.4, -0.2) is 27.3 Å². The number of pyridine rings is 1. The molecule has 29 heavy (non-hydrogen) atoms.